The van der Waals surface area contributed by atoms with Crippen LogP contribution < -0.4 is 0 Å². The van der Waals surface area contributed by atoms with Crippen molar-refractivity contribution < 1.29 is 13.2 Å². The van der Waals surface area contributed by atoms with Crippen molar-refractivity contribution in [1.82, 2.24) is 4.57 Å². The topological polar surface area (TPSA) is 29.6 Å². The van der Waals surface area contributed by atoms with Gasteiger partial charge in [0.05, 0.1) is 39.4 Å². The number of aliphatic imine (C=N–C) groups is 2. The summed E-state index contributed by atoms with van der Waals surface area (Å²) in [4.78, 5) is 10.1. The standard InChI is InChI=1S/C47H34F3N3/c1-53-42-30-37(51-43(33-19-9-3-10-20-33)34-21-11-4-12-22-34)27-28-38(42)39-31-41(47(48,49)50)45(40(46(39)53)29-32-17-7-2-8-18-32)52-44(35-23-13-5-14-24-35)36-25-15-6-16-26-36/h2-28,30-31H,29H2,1H3. The number of benzene rings is 7. The van der Waals surface area contributed by atoms with Gasteiger partial charge in [0.25, 0.3) is 0 Å². The Bertz CT molecular complexity index is 2510. The maximum atomic E-state index is 15.4. The highest BCUT2D eigenvalue weighted by atomic mass is 19.4. The Hall–Kier alpha value is -6.53. The van der Waals surface area contributed by atoms with E-state index < -0.39 is 11.7 Å². The number of fused-ring (bicyclic) bond motifs is 3. The van der Waals surface area contributed by atoms with Gasteiger partial charge in [-0.1, -0.05) is 158 Å². The monoisotopic (exact) mass is 697 g/mol. The van der Waals surface area contributed by atoms with Crippen LogP contribution in [0.5, 0.6) is 0 Å². The van der Waals surface area contributed by atoms with Gasteiger partial charge in [-0.05, 0) is 23.8 Å². The Morgan fingerprint density at radius 2 is 0.981 bits per heavy atom. The van der Waals surface area contributed by atoms with Crippen LogP contribution in [0.4, 0.5) is 24.5 Å². The van der Waals surface area contributed by atoms with Crippen LogP contribution in [0.15, 0.2) is 186 Å². The molecule has 0 aliphatic heterocycles. The van der Waals surface area contributed by atoms with E-state index in [1.807, 2.05) is 181 Å². The number of hydrogen-bond acceptors (Lipinski definition) is 2. The first-order chi connectivity index (χ1) is 25.8. The zero-order valence-corrected chi connectivity index (χ0v) is 28.9. The van der Waals surface area contributed by atoms with Gasteiger partial charge < -0.3 is 4.57 Å². The van der Waals surface area contributed by atoms with E-state index in [4.69, 9.17) is 9.98 Å². The van der Waals surface area contributed by atoms with Gasteiger partial charge in [0, 0.05) is 52.1 Å². The van der Waals surface area contributed by atoms with Crippen LogP contribution in [0, 0.1) is 0 Å². The molecule has 0 amide bonds. The smallest absolute Gasteiger partial charge is 0.343 e. The molecular formula is C47H34F3N3. The molecule has 7 aromatic carbocycles. The van der Waals surface area contributed by atoms with Crippen LogP contribution in [0.2, 0.25) is 0 Å². The molecule has 0 aliphatic carbocycles. The van der Waals surface area contributed by atoms with Crippen molar-refractivity contribution in [3.05, 3.63) is 215 Å². The van der Waals surface area contributed by atoms with Crippen LogP contribution in [0.25, 0.3) is 21.8 Å². The SMILES string of the molecule is Cn1c2cc(N=C(c3ccccc3)c3ccccc3)ccc2c2cc(C(F)(F)F)c(N=C(c3ccccc3)c3ccccc3)c(Cc3ccccc3)c21. The molecule has 1 aromatic heterocycles. The number of halogens is 3. The molecule has 0 saturated heterocycles. The van der Waals surface area contributed by atoms with E-state index in [1.165, 1.54) is 6.07 Å². The van der Waals surface area contributed by atoms with E-state index in [0.29, 0.717) is 33.3 Å². The molecule has 0 saturated carbocycles. The average Bonchev–Trinajstić information content (AvgIpc) is 3.48. The largest absolute Gasteiger partial charge is 0.418 e. The molecule has 0 fully saturated rings. The fraction of sp³-hybridized carbons (Fsp3) is 0.0638. The zero-order chi connectivity index (χ0) is 36.4. The van der Waals surface area contributed by atoms with Gasteiger partial charge in [0.15, 0.2) is 0 Å². The predicted octanol–water partition coefficient (Wildman–Crippen LogP) is 12.3. The first-order valence-electron chi connectivity index (χ1n) is 17.4. The summed E-state index contributed by atoms with van der Waals surface area (Å²) in [5, 5.41) is 1.23. The number of aryl methyl sites for hydroxylation is 1. The molecule has 8 aromatic rings. The highest BCUT2D eigenvalue weighted by molar-refractivity contribution is 6.17. The van der Waals surface area contributed by atoms with Gasteiger partial charge in [0.2, 0.25) is 0 Å². The lowest BCUT2D eigenvalue weighted by Crippen LogP contribution is -2.10. The van der Waals surface area contributed by atoms with Crippen molar-refractivity contribution in [3.8, 4) is 0 Å². The maximum Gasteiger partial charge on any atom is 0.418 e. The number of hydrogen-bond donors (Lipinski definition) is 0. The number of nitrogens with zero attached hydrogens (tertiary/aromatic N) is 3. The maximum absolute atomic E-state index is 15.4. The van der Waals surface area contributed by atoms with Crippen LogP contribution in [-0.2, 0) is 19.6 Å². The second kappa shape index (κ2) is 14.2. The number of alkyl halides is 3. The lowest BCUT2D eigenvalue weighted by Gasteiger charge is -2.18. The molecule has 0 N–H and O–H groups in total. The van der Waals surface area contributed by atoms with Crippen molar-refractivity contribution >= 4 is 44.6 Å². The summed E-state index contributed by atoms with van der Waals surface area (Å²) in [5.74, 6) is 0. The van der Waals surface area contributed by atoms with Crippen LogP contribution in [0.3, 0.4) is 0 Å². The average molecular weight is 698 g/mol. The minimum absolute atomic E-state index is 0.0869. The molecule has 0 radical (unpaired) electrons. The minimum Gasteiger partial charge on any atom is -0.343 e. The molecular weight excluding hydrogens is 664 g/mol. The van der Waals surface area contributed by atoms with Crippen molar-refractivity contribution in [2.75, 3.05) is 0 Å². The predicted molar refractivity (Wildman–Crippen MR) is 211 cm³/mol. The van der Waals surface area contributed by atoms with Crippen molar-refractivity contribution in [2.24, 2.45) is 17.0 Å². The van der Waals surface area contributed by atoms with E-state index in [2.05, 4.69) is 0 Å². The van der Waals surface area contributed by atoms with E-state index in [1.54, 1.807) is 0 Å². The highest BCUT2D eigenvalue weighted by Gasteiger charge is 2.37. The molecule has 8 rings (SSSR count). The molecule has 0 bridgehead atoms. The molecule has 0 spiro atoms. The Labute approximate surface area is 306 Å². The molecule has 3 nitrogen and oxygen atoms in total. The molecule has 258 valence electrons. The Kier molecular flexibility index (Phi) is 9.03. The first kappa shape index (κ1) is 33.6. The summed E-state index contributed by atoms with van der Waals surface area (Å²) in [7, 11) is 1.91. The molecule has 53 heavy (non-hydrogen) atoms. The summed E-state index contributed by atoms with van der Waals surface area (Å²) >= 11 is 0. The van der Waals surface area contributed by atoms with E-state index >= 15 is 13.2 Å². The molecule has 6 heteroatoms. The van der Waals surface area contributed by atoms with Crippen LogP contribution in [-0.4, -0.2) is 16.0 Å². The number of aromatic nitrogens is 1. The first-order valence-corrected chi connectivity index (χ1v) is 17.4. The molecule has 0 atom stereocenters. The number of rotatable bonds is 8. The minimum atomic E-state index is -4.68. The molecule has 0 unspecified atom stereocenters. The summed E-state index contributed by atoms with van der Waals surface area (Å²) in [6.45, 7) is 0. The summed E-state index contributed by atoms with van der Waals surface area (Å²) in [6.07, 6.45) is -4.43. The van der Waals surface area contributed by atoms with Gasteiger partial charge in [-0.15, -0.1) is 0 Å². The second-order valence-corrected chi connectivity index (χ2v) is 13.0. The van der Waals surface area contributed by atoms with Gasteiger partial charge in [-0.2, -0.15) is 13.2 Å². The third kappa shape index (κ3) is 6.79. The third-order valence-corrected chi connectivity index (χ3v) is 9.52. The molecule has 0 aliphatic rings. The van der Waals surface area contributed by atoms with Crippen LogP contribution in [0.1, 0.15) is 38.9 Å². The van der Waals surface area contributed by atoms with E-state index in [-0.39, 0.29) is 12.1 Å². The van der Waals surface area contributed by atoms with Gasteiger partial charge in [-0.3, -0.25) is 0 Å². The third-order valence-electron chi connectivity index (χ3n) is 9.52. The van der Waals surface area contributed by atoms with Crippen molar-refractivity contribution in [1.29, 1.82) is 0 Å². The van der Waals surface area contributed by atoms with E-state index in [0.717, 1.165) is 39.0 Å². The quantitative estimate of drug-likeness (QED) is 0.142. The molecule has 1 heterocycles. The van der Waals surface area contributed by atoms with Crippen molar-refractivity contribution in [3.63, 3.8) is 0 Å². The normalized spacial score (nSPS) is 11.5. The Morgan fingerprint density at radius 3 is 1.45 bits per heavy atom. The lowest BCUT2D eigenvalue weighted by atomic mass is 9.95. The summed E-state index contributed by atoms with van der Waals surface area (Å²) in [6, 6.07) is 55.4. The Balaban J connectivity index is 1.42. The summed E-state index contributed by atoms with van der Waals surface area (Å²) in [5.41, 5.74) is 7.35. The Morgan fingerprint density at radius 1 is 0.528 bits per heavy atom. The van der Waals surface area contributed by atoms with Gasteiger partial charge in [-0.25, -0.2) is 9.98 Å². The van der Waals surface area contributed by atoms with Gasteiger partial charge in [0.1, 0.15) is 0 Å². The second-order valence-electron chi connectivity index (χ2n) is 13.0. The summed E-state index contributed by atoms with van der Waals surface area (Å²) < 4.78 is 48.2. The lowest BCUT2D eigenvalue weighted by molar-refractivity contribution is -0.136. The zero-order valence-electron chi connectivity index (χ0n) is 28.9. The fourth-order valence-electron chi connectivity index (χ4n) is 7.05. The highest BCUT2D eigenvalue weighted by Crippen LogP contribution is 2.46. The van der Waals surface area contributed by atoms with Gasteiger partial charge >= 0.3 is 6.18 Å². The fourth-order valence-corrected chi connectivity index (χ4v) is 7.05. The van der Waals surface area contributed by atoms with Crippen LogP contribution >= 0.6 is 0 Å². The van der Waals surface area contributed by atoms with E-state index in [9.17, 15) is 0 Å². The van der Waals surface area contributed by atoms with Crippen molar-refractivity contribution in [2.45, 2.75) is 12.6 Å².